The summed E-state index contributed by atoms with van der Waals surface area (Å²) in [6, 6.07) is 1.17. The Morgan fingerprint density at radius 2 is 1.53 bits per heavy atom. The van der Waals surface area contributed by atoms with Gasteiger partial charge >= 0.3 is 12.1 Å². The van der Waals surface area contributed by atoms with Crippen molar-refractivity contribution >= 4 is 11.6 Å². The Hall–Kier alpha value is -1.24. The molecule has 0 spiro atoms. The van der Waals surface area contributed by atoms with Crippen LogP contribution in [0, 0.1) is 4.91 Å². The number of halogens is 6. The molecule has 94 valence electrons. The van der Waals surface area contributed by atoms with E-state index in [4.69, 9.17) is 11.6 Å². The third-order valence-electron chi connectivity index (χ3n) is 2.01. The summed E-state index contributed by atoms with van der Waals surface area (Å²) in [4.78, 5) is 10.2. The number of nitrogens with zero attached hydrogens (tertiary/aromatic N) is 1. The van der Waals surface area contributed by atoms with E-state index in [0.29, 0.717) is 0 Å². The fraction of sp³-hybridized carbons (Fsp3) is 0.333. The minimum Gasteiger partial charge on any atom is -0.193 e. The molecule has 1 unspecified atom stereocenters. The lowest BCUT2D eigenvalue weighted by Gasteiger charge is -2.23. The van der Waals surface area contributed by atoms with Crippen molar-refractivity contribution < 1.29 is 22.0 Å². The summed E-state index contributed by atoms with van der Waals surface area (Å²) in [5, 5.41) is 2.01. The van der Waals surface area contributed by atoms with E-state index in [1.54, 1.807) is 0 Å². The quantitative estimate of drug-likeness (QED) is 0.595. The van der Waals surface area contributed by atoms with Gasteiger partial charge in [-0.05, 0) is 17.7 Å². The highest BCUT2D eigenvalue weighted by Crippen LogP contribution is 2.46. The number of alkyl halides is 5. The average Bonchev–Trinajstić information content (AvgIpc) is 2.20. The third-order valence-corrected chi connectivity index (χ3v) is 2.26. The van der Waals surface area contributed by atoms with Gasteiger partial charge in [0.15, 0.2) is 6.04 Å². The lowest BCUT2D eigenvalue weighted by atomic mass is 10.0. The Morgan fingerprint density at radius 3 is 1.88 bits per heavy atom. The molecule has 1 rings (SSSR count). The van der Waals surface area contributed by atoms with Crippen LogP contribution < -0.4 is 0 Å². The molecule has 0 fully saturated rings. The maximum absolute atomic E-state index is 12.9. The third kappa shape index (κ3) is 2.71. The summed E-state index contributed by atoms with van der Waals surface area (Å²) >= 11 is 5.45. The topological polar surface area (TPSA) is 29.4 Å². The van der Waals surface area contributed by atoms with Crippen LogP contribution in [-0.4, -0.2) is 12.1 Å². The van der Waals surface area contributed by atoms with Gasteiger partial charge in [-0.25, -0.2) is 0 Å². The fourth-order valence-electron chi connectivity index (χ4n) is 1.14. The molecule has 0 aliphatic heterocycles. The molecule has 2 nitrogen and oxygen atoms in total. The number of benzene rings is 1. The summed E-state index contributed by atoms with van der Waals surface area (Å²) in [5.74, 6) is -5.22. The molecule has 0 bridgehead atoms. The van der Waals surface area contributed by atoms with Crippen molar-refractivity contribution in [2.75, 3.05) is 0 Å². The second-order valence-corrected chi connectivity index (χ2v) is 3.62. The molecule has 1 aromatic rings. The largest absolute Gasteiger partial charge is 0.456 e. The van der Waals surface area contributed by atoms with Crippen LogP contribution in [0.2, 0.25) is 5.02 Å². The van der Waals surface area contributed by atoms with Crippen LogP contribution in [0.5, 0.6) is 0 Å². The average molecular weight is 274 g/mol. The van der Waals surface area contributed by atoms with Gasteiger partial charge in [-0.2, -0.15) is 22.0 Å². The van der Waals surface area contributed by atoms with E-state index < -0.39 is 23.7 Å². The molecule has 1 aromatic carbocycles. The minimum absolute atomic E-state index is 0.147. The van der Waals surface area contributed by atoms with Crippen LogP contribution in [0.3, 0.4) is 0 Å². The zero-order valence-electron chi connectivity index (χ0n) is 8.01. The summed E-state index contributed by atoms with van der Waals surface area (Å²) in [6.45, 7) is 0. The Kier molecular flexibility index (Phi) is 3.71. The second kappa shape index (κ2) is 4.56. The van der Waals surface area contributed by atoms with Gasteiger partial charge in [0.1, 0.15) is 0 Å². The number of nitroso groups, excluding NO2 is 1. The first-order valence-corrected chi connectivity index (χ1v) is 4.60. The van der Waals surface area contributed by atoms with Gasteiger partial charge in [0.2, 0.25) is 0 Å². The van der Waals surface area contributed by atoms with Gasteiger partial charge in [-0.15, -0.1) is 4.91 Å². The summed E-state index contributed by atoms with van der Waals surface area (Å²) in [5.41, 5.74) is -0.549. The number of hydrogen-bond acceptors (Lipinski definition) is 2. The Morgan fingerprint density at radius 1 is 1.06 bits per heavy atom. The van der Waals surface area contributed by atoms with Crippen molar-refractivity contribution in [2.24, 2.45) is 5.18 Å². The SMILES string of the molecule is O=NC(c1ccc(Cl)cc1)C(F)(F)C(F)(F)F. The first kappa shape index (κ1) is 13.8. The first-order valence-electron chi connectivity index (χ1n) is 4.22. The van der Waals surface area contributed by atoms with Crippen molar-refractivity contribution in [2.45, 2.75) is 18.1 Å². The molecule has 0 N–H and O–H groups in total. The van der Waals surface area contributed by atoms with Gasteiger partial charge in [-0.3, -0.25) is 0 Å². The summed E-state index contributed by atoms with van der Waals surface area (Å²) in [7, 11) is 0. The zero-order valence-corrected chi connectivity index (χ0v) is 8.77. The normalized spacial score (nSPS) is 14.5. The fourth-order valence-corrected chi connectivity index (χ4v) is 1.26. The van der Waals surface area contributed by atoms with Crippen LogP contribution in [0.4, 0.5) is 22.0 Å². The minimum atomic E-state index is -5.84. The molecule has 17 heavy (non-hydrogen) atoms. The first-order chi connectivity index (χ1) is 7.70. The van der Waals surface area contributed by atoms with Gasteiger partial charge in [0.25, 0.3) is 0 Å². The standard InChI is InChI=1S/C9H5ClF5NO/c10-6-3-1-5(2-4-6)7(16-17)8(11,12)9(13,14)15/h1-4,7H. The van der Waals surface area contributed by atoms with Crippen LogP contribution in [0.1, 0.15) is 11.6 Å². The van der Waals surface area contributed by atoms with Crippen molar-refractivity contribution in [1.82, 2.24) is 0 Å². The Bertz CT molecular complexity index is 403. The highest BCUT2D eigenvalue weighted by molar-refractivity contribution is 6.30. The lowest BCUT2D eigenvalue weighted by Crippen LogP contribution is -2.41. The van der Waals surface area contributed by atoms with Crippen LogP contribution in [0.15, 0.2) is 29.4 Å². The summed E-state index contributed by atoms with van der Waals surface area (Å²) < 4.78 is 62.0. The molecule has 0 aliphatic carbocycles. The molecule has 0 saturated heterocycles. The maximum atomic E-state index is 12.9. The molecule has 8 heteroatoms. The molecule has 0 aliphatic rings. The monoisotopic (exact) mass is 273 g/mol. The molecule has 0 heterocycles. The zero-order chi connectivity index (χ0) is 13.3. The van der Waals surface area contributed by atoms with E-state index in [1.807, 2.05) is 5.18 Å². The molecular weight excluding hydrogens is 269 g/mol. The number of rotatable bonds is 3. The van der Waals surface area contributed by atoms with Gasteiger partial charge in [-0.1, -0.05) is 28.9 Å². The smallest absolute Gasteiger partial charge is 0.193 e. The molecule has 0 radical (unpaired) electrons. The van der Waals surface area contributed by atoms with Crippen molar-refractivity contribution in [3.63, 3.8) is 0 Å². The van der Waals surface area contributed by atoms with Gasteiger partial charge in [0, 0.05) is 5.02 Å². The second-order valence-electron chi connectivity index (χ2n) is 3.18. The van der Waals surface area contributed by atoms with Crippen molar-refractivity contribution in [1.29, 1.82) is 0 Å². The Labute approximate surface area is 97.4 Å². The van der Waals surface area contributed by atoms with Crippen LogP contribution >= 0.6 is 11.6 Å². The molecule has 0 saturated carbocycles. The molecule has 0 amide bonds. The number of hydrogen-bond donors (Lipinski definition) is 0. The van der Waals surface area contributed by atoms with E-state index in [-0.39, 0.29) is 5.02 Å². The lowest BCUT2D eigenvalue weighted by molar-refractivity contribution is -0.290. The van der Waals surface area contributed by atoms with E-state index in [0.717, 1.165) is 24.3 Å². The van der Waals surface area contributed by atoms with Gasteiger partial charge < -0.3 is 0 Å². The Balaban J connectivity index is 3.16. The predicted octanol–water partition coefficient (Wildman–Crippen LogP) is 4.35. The van der Waals surface area contributed by atoms with E-state index in [1.165, 1.54) is 0 Å². The highest BCUT2D eigenvalue weighted by Gasteiger charge is 2.63. The molecule has 0 aromatic heterocycles. The van der Waals surface area contributed by atoms with Crippen LogP contribution in [0.25, 0.3) is 0 Å². The van der Waals surface area contributed by atoms with E-state index in [2.05, 4.69) is 0 Å². The molecule has 1 atom stereocenters. The predicted molar refractivity (Wildman–Crippen MR) is 51.0 cm³/mol. The van der Waals surface area contributed by atoms with Crippen molar-refractivity contribution in [3.05, 3.63) is 39.8 Å². The van der Waals surface area contributed by atoms with Crippen molar-refractivity contribution in [3.8, 4) is 0 Å². The van der Waals surface area contributed by atoms with E-state index in [9.17, 15) is 26.9 Å². The van der Waals surface area contributed by atoms with E-state index >= 15 is 0 Å². The molecular formula is C9H5ClF5NO. The highest BCUT2D eigenvalue weighted by atomic mass is 35.5. The maximum Gasteiger partial charge on any atom is 0.456 e. The van der Waals surface area contributed by atoms with Gasteiger partial charge in [0.05, 0.1) is 0 Å². The summed E-state index contributed by atoms with van der Waals surface area (Å²) in [6.07, 6.45) is -5.84. The van der Waals surface area contributed by atoms with Crippen LogP contribution in [-0.2, 0) is 0 Å².